The fourth-order valence-electron chi connectivity index (χ4n) is 1.05. The second kappa shape index (κ2) is 3.47. The first-order chi connectivity index (χ1) is 6.31. The van der Waals surface area contributed by atoms with E-state index in [0.29, 0.717) is 12.5 Å². The fourth-order valence-corrected chi connectivity index (χ4v) is 2.02. The van der Waals surface area contributed by atoms with Crippen molar-refractivity contribution < 1.29 is 4.74 Å². The van der Waals surface area contributed by atoms with Crippen molar-refractivity contribution in [1.29, 1.82) is 0 Å². The first-order valence-electron chi connectivity index (χ1n) is 3.85. The lowest BCUT2D eigenvalue weighted by molar-refractivity contribution is 0.331. The summed E-state index contributed by atoms with van der Waals surface area (Å²) in [6, 6.07) is 1.93. The lowest BCUT2D eigenvalue weighted by Gasteiger charge is -2.02. The Bertz CT molecular complexity index is 429. The summed E-state index contributed by atoms with van der Waals surface area (Å²) in [6.45, 7) is 2.49. The number of halogens is 1. The van der Waals surface area contributed by atoms with Crippen molar-refractivity contribution >= 4 is 33.2 Å². The first kappa shape index (κ1) is 8.72. The van der Waals surface area contributed by atoms with Crippen molar-refractivity contribution in [2.45, 2.75) is 6.92 Å². The van der Waals surface area contributed by atoms with E-state index in [-0.39, 0.29) is 5.28 Å². The molecule has 68 valence electrons. The van der Waals surface area contributed by atoms with Gasteiger partial charge in [0.05, 0.1) is 12.0 Å². The molecule has 0 aliphatic rings. The predicted octanol–water partition coefficient (Wildman–Crippen LogP) is 2.74. The minimum Gasteiger partial charge on any atom is -0.477 e. The third-order valence-electron chi connectivity index (χ3n) is 1.54. The Morgan fingerprint density at radius 1 is 1.54 bits per heavy atom. The topological polar surface area (TPSA) is 35.0 Å². The normalized spacial score (nSPS) is 10.6. The maximum absolute atomic E-state index is 5.72. The molecule has 2 rings (SSSR count). The molecule has 0 spiro atoms. The van der Waals surface area contributed by atoms with Gasteiger partial charge in [-0.1, -0.05) is 0 Å². The first-order valence-corrected chi connectivity index (χ1v) is 5.10. The SMILES string of the molecule is CCOc1nc(Cl)nc2sccc12. The van der Waals surface area contributed by atoms with Crippen molar-refractivity contribution in [3.8, 4) is 5.88 Å². The van der Waals surface area contributed by atoms with Crippen LogP contribution in [-0.2, 0) is 0 Å². The van der Waals surface area contributed by atoms with Gasteiger partial charge in [-0.25, -0.2) is 4.98 Å². The Balaban J connectivity index is 2.63. The van der Waals surface area contributed by atoms with Crippen LogP contribution in [0, 0.1) is 0 Å². The molecule has 3 nitrogen and oxygen atoms in total. The zero-order chi connectivity index (χ0) is 9.26. The van der Waals surface area contributed by atoms with Gasteiger partial charge < -0.3 is 4.74 Å². The van der Waals surface area contributed by atoms with E-state index in [1.54, 1.807) is 0 Å². The molecule has 0 N–H and O–H groups in total. The molecule has 0 aliphatic heterocycles. The molecule has 0 amide bonds. The van der Waals surface area contributed by atoms with Gasteiger partial charge in [-0.05, 0) is 30.0 Å². The van der Waals surface area contributed by atoms with Gasteiger partial charge in [0.15, 0.2) is 0 Å². The highest BCUT2D eigenvalue weighted by Crippen LogP contribution is 2.27. The number of ether oxygens (including phenoxy) is 1. The van der Waals surface area contributed by atoms with Crippen molar-refractivity contribution in [3.63, 3.8) is 0 Å². The summed E-state index contributed by atoms with van der Waals surface area (Å²) in [5.41, 5.74) is 0. The van der Waals surface area contributed by atoms with Crippen LogP contribution >= 0.6 is 22.9 Å². The Labute approximate surface area is 84.3 Å². The molecule has 0 radical (unpaired) electrons. The lowest BCUT2D eigenvalue weighted by atomic mass is 10.4. The Morgan fingerprint density at radius 2 is 2.38 bits per heavy atom. The van der Waals surface area contributed by atoms with Crippen molar-refractivity contribution in [1.82, 2.24) is 9.97 Å². The van der Waals surface area contributed by atoms with Gasteiger partial charge in [0.2, 0.25) is 11.2 Å². The van der Waals surface area contributed by atoms with E-state index in [0.717, 1.165) is 10.2 Å². The Hall–Kier alpha value is -0.870. The zero-order valence-electron chi connectivity index (χ0n) is 6.95. The number of hydrogen-bond acceptors (Lipinski definition) is 4. The van der Waals surface area contributed by atoms with Crippen LogP contribution in [0.15, 0.2) is 11.4 Å². The van der Waals surface area contributed by atoms with E-state index >= 15 is 0 Å². The minimum absolute atomic E-state index is 0.235. The predicted molar refractivity (Wildman–Crippen MR) is 53.6 cm³/mol. The maximum Gasteiger partial charge on any atom is 0.227 e. The summed E-state index contributed by atoms with van der Waals surface area (Å²) in [6.07, 6.45) is 0. The molecule has 0 aliphatic carbocycles. The average Bonchev–Trinajstić information content (AvgIpc) is 2.52. The summed E-state index contributed by atoms with van der Waals surface area (Å²) in [7, 11) is 0. The maximum atomic E-state index is 5.72. The van der Waals surface area contributed by atoms with Crippen molar-refractivity contribution in [3.05, 3.63) is 16.7 Å². The fraction of sp³-hybridized carbons (Fsp3) is 0.250. The Kier molecular flexibility index (Phi) is 2.33. The molecule has 0 aromatic carbocycles. The molecule has 5 heteroatoms. The van der Waals surface area contributed by atoms with E-state index in [1.807, 2.05) is 18.4 Å². The van der Waals surface area contributed by atoms with Gasteiger partial charge in [-0.2, -0.15) is 4.98 Å². The third-order valence-corrected chi connectivity index (χ3v) is 2.52. The van der Waals surface area contributed by atoms with Crippen LogP contribution in [0.25, 0.3) is 10.2 Å². The molecule has 2 aromatic rings. The van der Waals surface area contributed by atoms with Crippen LogP contribution in [0.3, 0.4) is 0 Å². The van der Waals surface area contributed by atoms with E-state index in [2.05, 4.69) is 9.97 Å². The van der Waals surface area contributed by atoms with Gasteiger partial charge in [0.1, 0.15) is 4.83 Å². The molecule has 0 fully saturated rings. The summed E-state index contributed by atoms with van der Waals surface area (Å²) in [5.74, 6) is 0.568. The number of thiophene rings is 1. The van der Waals surface area contributed by atoms with Gasteiger partial charge in [0.25, 0.3) is 0 Å². The van der Waals surface area contributed by atoms with Crippen LogP contribution < -0.4 is 4.74 Å². The molecule has 0 saturated carbocycles. The second-order valence-electron chi connectivity index (χ2n) is 2.37. The molecule has 0 atom stereocenters. The highest BCUT2D eigenvalue weighted by Gasteiger charge is 2.07. The van der Waals surface area contributed by atoms with E-state index in [9.17, 15) is 0 Å². The third kappa shape index (κ3) is 1.59. The lowest BCUT2D eigenvalue weighted by Crippen LogP contribution is -1.95. The average molecular weight is 215 g/mol. The number of rotatable bonds is 2. The highest BCUT2D eigenvalue weighted by molar-refractivity contribution is 7.16. The quantitative estimate of drug-likeness (QED) is 0.721. The zero-order valence-corrected chi connectivity index (χ0v) is 8.52. The summed E-state index contributed by atoms with van der Waals surface area (Å²) in [5, 5.41) is 3.10. The van der Waals surface area contributed by atoms with Crippen LogP contribution in [0.5, 0.6) is 5.88 Å². The molecule has 0 bridgehead atoms. The van der Waals surface area contributed by atoms with Gasteiger partial charge >= 0.3 is 0 Å². The van der Waals surface area contributed by atoms with Gasteiger partial charge in [-0.15, -0.1) is 11.3 Å². The number of hydrogen-bond donors (Lipinski definition) is 0. The van der Waals surface area contributed by atoms with Crippen LogP contribution in [-0.4, -0.2) is 16.6 Å². The monoisotopic (exact) mass is 214 g/mol. The molecule has 13 heavy (non-hydrogen) atoms. The standard InChI is InChI=1S/C8H7ClN2OS/c1-2-12-6-5-3-4-13-7(5)11-8(9)10-6/h3-4H,2H2,1H3. The molecule has 2 heterocycles. The number of fused-ring (bicyclic) bond motifs is 1. The van der Waals surface area contributed by atoms with Crippen LogP contribution in [0.2, 0.25) is 5.28 Å². The molecular weight excluding hydrogens is 208 g/mol. The van der Waals surface area contributed by atoms with Gasteiger partial charge in [0, 0.05) is 0 Å². The summed E-state index contributed by atoms with van der Waals surface area (Å²) in [4.78, 5) is 8.94. The molecule has 2 aromatic heterocycles. The van der Waals surface area contributed by atoms with Crippen molar-refractivity contribution in [2.75, 3.05) is 6.61 Å². The molecule has 0 saturated heterocycles. The highest BCUT2D eigenvalue weighted by atomic mass is 35.5. The number of aromatic nitrogens is 2. The largest absolute Gasteiger partial charge is 0.477 e. The molecule has 0 unspecified atom stereocenters. The number of nitrogens with zero attached hydrogens (tertiary/aromatic N) is 2. The smallest absolute Gasteiger partial charge is 0.227 e. The van der Waals surface area contributed by atoms with Crippen LogP contribution in [0.1, 0.15) is 6.92 Å². The summed E-state index contributed by atoms with van der Waals surface area (Å²) >= 11 is 7.25. The van der Waals surface area contributed by atoms with Crippen LogP contribution in [0.4, 0.5) is 0 Å². The molecular formula is C8H7ClN2OS. The van der Waals surface area contributed by atoms with Gasteiger partial charge in [-0.3, -0.25) is 0 Å². The van der Waals surface area contributed by atoms with E-state index < -0.39 is 0 Å². The minimum atomic E-state index is 0.235. The van der Waals surface area contributed by atoms with E-state index in [4.69, 9.17) is 16.3 Å². The van der Waals surface area contributed by atoms with E-state index in [1.165, 1.54) is 11.3 Å². The summed E-state index contributed by atoms with van der Waals surface area (Å²) < 4.78 is 5.33. The second-order valence-corrected chi connectivity index (χ2v) is 3.60. The van der Waals surface area contributed by atoms with Crippen molar-refractivity contribution in [2.24, 2.45) is 0 Å². The Morgan fingerprint density at radius 3 is 3.15 bits per heavy atom.